The second-order valence-corrected chi connectivity index (χ2v) is 5.35. The highest BCUT2D eigenvalue weighted by atomic mass is 79.9. The summed E-state index contributed by atoms with van der Waals surface area (Å²) in [4.78, 5) is 25.3. The Balaban J connectivity index is 2.93. The molecule has 0 aliphatic heterocycles. The van der Waals surface area contributed by atoms with Gasteiger partial charge in [0.1, 0.15) is 12.3 Å². The van der Waals surface area contributed by atoms with Gasteiger partial charge in [-0.15, -0.1) is 0 Å². The van der Waals surface area contributed by atoms with E-state index in [0.29, 0.717) is 10.0 Å². The molecule has 6 heteroatoms. The molecule has 1 rings (SSSR count). The van der Waals surface area contributed by atoms with Gasteiger partial charge in [-0.3, -0.25) is 9.59 Å². The highest BCUT2D eigenvalue weighted by Crippen LogP contribution is 2.25. The van der Waals surface area contributed by atoms with Crippen LogP contribution in [0.2, 0.25) is 0 Å². The smallest absolute Gasteiger partial charge is 0.325 e. The third-order valence-corrected chi connectivity index (χ3v) is 3.35. The molecule has 0 aromatic heterocycles. The molecule has 0 bridgehead atoms. The lowest BCUT2D eigenvalue weighted by molar-refractivity contribution is -0.144. The number of phenols is 1. The Morgan fingerprint density at radius 3 is 2.55 bits per heavy atom. The molecule has 1 amide bonds. The fourth-order valence-electron chi connectivity index (χ4n) is 1.65. The van der Waals surface area contributed by atoms with Gasteiger partial charge in [-0.05, 0) is 54.9 Å². The first kappa shape index (κ1) is 16.5. The summed E-state index contributed by atoms with van der Waals surface area (Å²) >= 11 is 3.16. The molecule has 0 spiro atoms. The minimum absolute atomic E-state index is 0.0179. The summed E-state index contributed by atoms with van der Waals surface area (Å²) in [5.74, 6) is -0.789. The summed E-state index contributed by atoms with van der Waals surface area (Å²) in [5, 5.41) is 9.63. The number of aromatic hydroxyl groups is 1. The molecule has 0 aliphatic rings. The predicted octanol–water partition coefficient (Wildman–Crippen LogP) is 2.57. The fourth-order valence-corrected chi connectivity index (χ4v) is 1.89. The largest absolute Gasteiger partial charge is 0.507 e. The molecule has 0 saturated heterocycles. The van der Waals surface area contributed by atoms with Crippen LogP contribution in [0.1, 0.15) is 31.1 Å². The van der Waals surface area contributed by atoms with Gasteiger partial charge in [0.15, 0.2) is 0 Å². The van der Waals surface area contributed by atoms with Crippen molar-refractivity contribution in [3.63, 3.8) is 0 Å². The maximum absolute atomic E-state index is 12.4. The molecule has 0 aliphatic carbocycles. The van der Waals surface area contributed by atoms with Crippen LogP contribution in [0.15, 0.2) is 22.7 Å². The molecule has 0 radical (unpaired) electrons. The molecule has 0 unspecified atom stereocenters. The normalized spacial score (nSPS) is 10.4. The van der Waals surface area contributed by atoms with Crippen LogP contribution < -0.4 is 0 Å². The quantitative estimate of drug-likeness (QED) is 0.834. The van der Waals surface area contributed by atoms with Crippen LogP contribution >= 0.6 is 15.9 Å². The monoisotopic (exact) mass is 343 g/mol. The van der Waals surface area contributed by atoms with Crippen molar-refractivity contribution in [3.8, 4) is 5.75 Å². The Morgan fingerprint density at radius 2 is 2.05 bits per heavy atom. The number of rotatable bonds is 5. The van der Waals surface area contributed by atoms with Crippen LogP contribution in [-0.2, 0) is 9.53 Å². The van der Waals surface area contributed by atoms with Crippen molar-refractivity contribution in [1.82, 2.24) is 4.90 Å². The van der Waals surface area contributed by atoms with E-state index in [1.165, 1.54) is 11.0 Å². The SMILES string of the molecule is CCOC(=O)CN(C(=O)c1ccc(Br)c(O)c1)C(C)C. The first-order valence-corrected chi connectivity index (χ1v) is 7.11. The molecule has 0 atom stereocenters. The Morgan fingerprint density at radius 1 is 1.40 bits per heavy atom. The van der Waals surface area contributed by atoms with Crippen molar-refractivity contribution in [2.24, 2.45) is 0 Å². The third-order valence-electron chi connectivity index (χ3n) is 2.68. The van der Waals surface area contributed by atoms with Gasteiger partial charge in [0.25, 0.3) is 5.91 Å². The van der Waals surface area contributed by atoms with E-state index < -0.39 is 5.97 Å². The predicted molar refractivity (Wildman–Crippen MR) is 78.6 cm³/mol. The van der Waals surface area contributed by atoms with E-state index in [9.17, 15) is 14.7 Å². The zero-order valence-corrected chi connectivity index (χ0v) is 13.3. The number of amides is 1. The van der Waals surface area contributed by atoms with Crippen molar-refractivity contribution in [2.45, 2.75) is 26.8 Å². The first-order chi connectivity index (χ1) is 9.36. The van der Waals surface area contributed by atoms with E-state index in [4.69, 9.17) is 4.74 Å². The van der Waals surface area contributed by atoms with Gasteiger partial charge < -0.3 is 14.7 Å². The number of carbonyl (C=O) groups excluding carboxylic acids is 2. The second kappa shape index (κ2) is 7.28. The molecule has 5 nitrogen and oxygen atoms in total. The van der Waals surface area contributed by atoms with Gasteiger partial charge in [0.2, 0.25) is 0 Å². The Kier molecular flexibility index (Phi) is 6.01. The Labute approximate surface area is 126 Å². The molecule has 110 valence electrons. The maximum Gasteiger partial charge on any atom is 0.325 e. The number of esters is 1. The third kappa shape index (κ3) is 4.23. The van der Waals surface area contributed by atoms with Gasteiger partial charge in [0, 0.05) is 11.6 Å². The van der Waals surface area contributed by atoms with Crippen molar-refractivity contribution >= 4 is 27.8 Å². The average Bonchev–Trinajstić information content (AvgIpc) is 2.38. The lowest BCUT2D eigenvalue weighted by Crippen LogP contribution is -2.41. The van der Waals surface area contributed by atoms with Gasteiger partial charge >= 0.3 is 5.97 Å². The van der Waals surface area contributed by atoms with Crippen LogP contribution in [0, 0.1) is 0 Å². The van der Waals surface area contributed by atoms with Gasteiger partial charge in [-0.25, -0.2) is 0 Å². The molecule has 0 heterocycles. The minimum Gasteiger partial charge on any atom is -0.507 e. The molecule has 1 aromatic rings. The van der Waals surface area contributed by atoms with Crippen LogP contribution in [0.3, 0.4) is 0 Å². The van der Waals surface area contributed by atoms with Gasteiger partial charge in [-0.1, -0.05) is 0 Å². The summed E-state index contributed by atoms with van der Waals surface area (Å²) in [6.07, 6.45) is 0. The number of hydrogen-bond acceptors (Lipinski definition) is 4. The summed E-state index contributed by atoms with van der Waals surface area (Å²) in [5.41, 5.74) is 0.323. The van der Waals surface area contributed by atoms with E-state index in [1.807, 2.05) is 13.8 Å². The number of ether oxygens (including phenoxy) is 1. The van der Waals surface area contributed by atoms with Crippen LogP contribution in [0.25, 0.3) is 0 Å². The second-order valence-electron chi connectivity index (χ2n) is 4.50. The van der Waals surface area contributed by atoms with Gasteiger partial charge in [-0.2, -0.15) is 0 Å². The number of phenolic OH excluding ortho intramolecular Hbond substituents is 1. The molecule has 20 heavy (non-hydrogen) atoms. The molecular weight excluding hydrogens is 326 g/mol. The number of benzene rings is 1. The highest BCUT2D eigenvalue weighted by molar-refractivity contribution is 9.10. The molecular formula is C14H18BrNO4. The number of halogens is 1. The van der Waals surface area contributed by atoms with Crippen molar-refractivity contribution in [1.29, 1.82) is 0 Å². The maximum atomic E-state index is 12.4. The Hall–Kier alpha value is -1.56. The number of nitrogens with zero attached hydrogens (tertiary/aromatic N) is 1. The molecule has 0 fully saturated rings. The van der Waals surface area contributed by atoms with Crippen molar-refractivity contribution < 1.29 is 19.4 Å². The van der Waals surface area contributed by atoms with Gasteiger partial charge in [0.05, 0.1) is 11.1 Å². The number of hydrogen-bond donors (Lipinski definition) is 1. The number of carbonyl (C=O) groups is 2. The Bertz CT molecular complexity index is 502. The zero-order chi connectivity index (χ0) is 15.3. The van der Waals surface area contributed by atoms with E-state index >= 15 is 0 Å². The molecule has 0 saturated carbocycles. The molecule has 1 aromatic carbocycles. The highest BCUT2D eigenvalue weighted by Gasteiger charge is 2.22. The molecule has 1 N–H and O–H groups in total. The lowest BCUT2D eigenvalue weighted by Gasteiger charge is -2.25. The zero-order valence-electron chi connectivity index (χ0n) is 11.7. The van der Waals surface area contributed by atoms with E-state index in [1.54, 1.807) is 19.1 Å². The van der Waals surface area contributed by atoms with Crippen LogP contribution in [0.4, 0.5) is 0 Å². The van der Waals surface area contributed by atoms with E-state index in [-0.39, 0.29) is 30.9 Å². The van der Waals surface area contributed by atoms with Crippen LogP contribution in [-0.4, -0.2) is 41.1 Å². The van der Waals surface area contributed by atoms with Crippen molar-refractivity contribution in [3.05, 3.63) is 28.2 Å². The van der Waals surface area contributed by atoms with E-state index in [2.05, 4.69) is 15.9 Å². The van der Waals surface area contributed by atoms with E-state index in [0.717, 1.165) is 0 Å². The van der Waals surface area contributed by atoms with Crippen LogP contribution in [0.5, 0.6) is 5.75 Å². The van der Waals surface area contributed by atoms with Crippen molar-refractivity contribution in [2.75, 3.05) is 13.2 Å². The fraction of sp³-hybridized carbons (Fsp3) is 0.429. The lowest BCUT2D eigenvalue weighted by atomic mass is 10.1. The summed E-state index contributed by atoms with van der Waals surface area (Å²) in [6.45, 7) is 5.51. The topological polar surface area (TPSA) is 66.8 Å². The standard InChI is InChI=1S/C14H18BrNO4/c1-4-20-13(18)8-16(9(2)3)14(19)10-5-6-11(15)12(17)7-10/h5-7,9,17H,4,8H2,1-3H3. The first-order valence-electron chi connectivity index (χ1n) is 6.32. The summed E-state index contributed by atoms with van der Waals surface area (Å²) in [7, 11) is 0. The summed E-state index contributed by atoms with van der Waals surface area (Å²) < 4.78 is 5.37. The average molecular weight is 344 g/mol. The summed E-state index contributed by atoms with van der Waals surface area (Å²) in [6, 6.07) is 4.39. The minimum atomic E-state index is -0.448.